The van der Waals surface area contributed by atoms with Gasteiger partial charge in [-0.05, 0) is 43.5 Å². The number of carbonyl (C=O) groups is 2. The van der Waals surface area contributed by atoms with Crippen LogP contribution in [0.25, 0.3) is 0 Å². The van der Waals surface area contributed by atoms with Gasteiger partial charge >= 0.3 is 0 Å². The van der Waals surface area contributed by atoms with E-state index in [1.54, 1.807) is 6.07 Å². The van der Waals surface area contributed by atoms with Crippen molar-refractivity contribution in [3.05, 3.63) is 65.7 Å². The van der Waals surface area contributed by atoms with Gasteiger partial charge in [-0.2, -0.15) is 0 Å². The van der Waals surface area contributed by atoms with E-state index in [-0.39, 0.29) is 11.8 Å². The van der Waals surface area contributed by atoms with Crippen LogP contribution in [0, 0.1) is 6.92 Å². The third kappa shape index (κ3) is 7.13. The molecule has 2 aromatic rings. The number of amides is 2. The lowest BCUT2D eigenvalue weighted by Crippen LogP contribution is -2.31. The van der Waals surface area contributed by atoms with Crippen molar-refractivity contribution in [3.8, 4) is 0 Å². The highest BCUT2D eigenvalue weighted by Gasteiger charge is 2.08. The van der Waals surface area contributed by atoms with Crippen LogP contribution in [0.3, 0.4) is 0 Å². The van der Waals surface area contributed by atoms with Gasteiger partial charge in [0.2, 0.25) is 5.91 Å². The molecule has 0 bridgehead atoms. The van der Waals surface area contributed by atoms with Crippen molar-refractivity contribution in [2.24, 2.45) is 0 Å². The Hall–Kier alpha value is -2.82. The number of nitrogens with zero attached hydrogens (tertiary/aromatic N) is 1. The maximum atomic E-state index is 12.1. The van der Waals surface area contributed by atoms with Crippen molar-refractivity contribution in [2.45, 2.75) is 26.2 Å². The van der Waals surface area contributed by atoms with Gasteiger partial charge in [-0.1, -0.05) is 36.4 Å². The summed E-state index contributed by atoms with van der Waals surface area (Å²) in [5.41, 5.74) is 2.78. The minimum atomic E-state index is -0.134. The fraction of sp³-hybridized carbons (Fsp3) is 0.364. The van der Waals surface area contributed by atoms with Crippen LogP contribution in [-0.4, -0.2) is 38.5 Å². The van der Waals surface area contributed by atoms with Gasteiger partial charge in [-0.15, -0.1) is 0 Å². The van der Waals surface area contributed by atoms with Gasteiger partial charge in [0.25, 0.3) is 5.91 Å². The monoisotopic (exact) mass is 367 g/mol. The Kier molecular flexibility index (Phi) is 8.36. The maximum Gasteiger partial charge on any atom is 0.251 e. The van der Waals surface area contributed by atoms with E-state index in [0.717, 1.165) is 24.9 Å². The molecule has 0 aliphatic rings. The molecule has 0 spiro atoms. The van der Waals surface area contributed by atoms with Crippen molar-refractivity contribution < 1.29 is 9.59 Å². The van der Waals surface area contributed by atoms with Crippen molar-refractivity contribution in [2.75, 3.05) is 31.6 Å². The van der Waals surface area contributed by atoms with Crippen LogP contribution in [0.4, 0.5) is 5.69 Å². The summed E-state index contributed by atoms with van der Waals surface area (Å²) in [4.78, 5) is 26.2. The molecule has 0 saturated heterocycles. The average Bonchev–Trinajstić information content (AvgIpc) is 2.68. The Labute approximate surface area is 161 Å². The number of para-hydroxylation sites is 1. The number of aryl methyl sites for hydroxylation is 1. The molecule has 0 unspecified atom stereocenters. The number of unbranched alkanes of at least 4 members (excludes halogenated alkanes) is 1. The number of nitrogens with one attached hydrogen (secondary N) is 2. The first kappa shape index (κ1) is 20.5. The van der Waals surface area contributed by atoms with Crippen LogP contribution >= 0.6 is 0 Å². The molecule has 0 atom stereocenters. The molecule has 0 heterocycles. The third-order valence-corrected chi connectivity index (χ3v) is 4.47. The number of carbonyl (C=O) groups excluding carboxylic acids is 2. The van der Waals surface area contributed by atoms with Crippen LogP contribution < -0.4 is 15.5 Å². The third-order valence-electron chi connectivity index (χ3n) is 4.47. The second kappa shape index (κ2) is 11.0. The zero-order valence-electron chi connectivity index (χ0n) is 16.2. The fourth-order valence-corrected chi connectivity index (χ4v) is 2.81. The highest BCUT2D eigenvalue weighted by atomic mass is 16.2. The van der Waals surface area contributed by atoms with Crippen LogP contribution in [-0.2, 0) is 4.79 Å². The summed E-state index contributed by atoms with van der Waals surface area (Å²) in [6.45, 7) is 3.85. The molecule has 0 saturated carbocycles. The molecule has 2 aromatic carbocycles. The zero-order valence-corrected chi connectivity index (χ0v) is 16.2. The van der Waals surface area contributed by atoms with Crippen molar-refractivity contribution >= 4 is 17.5 Å². The average molecular weight is 367 g/mol. The molecule has 0 aliphatic carbocycles. The van der Waals surface area contributed by atoms with Crippen LogP contribution in [0.1, 0.15) is 35.2 Å². The summed E-state index contributed by atoms with van der Waals surface area (Å²) in [6, 6.07) is 17.7. The zero-order chi connectivity index (χ0) is 19.5. The minimum Gasteiger partial charge on any atom is -0.375 e. The molecule has 0 fully saturated rings. The first-order valence-corrected chi connectivity index (χ1v) is 9.44. The summed E-state index contributed by atoms with van der Waals surface area (Å²) in [5.74, 6) is -0.165. The first-order valence-electron chi connectivity index (χ1n) is 9.44. The molecule has 0 aromatic heterocycles. The highest BCUT2D eigenvalue weighted by molar-refractivity contribution is 5.95. The van der Waals surface area contributed by atoms with Crippen molar-refractivity contribution in [3.63, 3.8) is 0 Å². The normalized spacial score (nSPS) is 10.3. The Morgan fingerprint density at radius 2 is 1.59 bits per heavy atom. The summed E-state index contributed by atoms with van der Waals surface area (Å²) < 4.78 is 0. The second-order valence-corrected chi connectivity index (χ2v) is 6.63. The molecule has 0 aliphatic heterocycles. The van der Waals surface area contributed by atoms with Gasteiger partial charge in [0, 0.05) is 44.4 Å². The van der Waals surface area contributed by atoms with Gasteiger partial charge in [0.1, 0.15) is 0 Å². The number of benzene rings is 2. The highest BCUT2D eigenvalue weighted by Crippen LogP contribution is 2.11. The van der Waals surface area contributed by atoms with Crippen molar-refractivity contribution in [1.29, 1.82) is 0 Å². The Bertz CT molecular complexity index is 731. The molecule has 5 heteroatoms. The summed E-state index contributed by atoms with van der Waals surface area (Å²) in [6.07, 6.45) is 2.23. The van der Waals surface area contributed by atoms with E-state index in [2.05, 4.69) is 34.7 Å². The molecule has 0 radical (unpaired) electrons. The van der Waals surface area contributed by atoms with Crippen LogP contribution in [0.2, 0.25) is 0 Å². The van der Waals surface area contributed by atoms with E-state index < -0.39 is 0 Å². The molecule has 5 nitrogen and oxygen atoms in total. The lowest BCUT2D eigenvalue weighted by atomic mass is 10.1. The minimum absolute atomic E-state index is 0.0310. The number of rotatable bonds is 10. The largest absolute Gasteiger partial charge is 0.375 e. The van der Waals surface area contributed by atoms with E-state index in [0.29, 0.717) is 25.1 Å². The lowest BCUT2D eigenvalue weighted by molar-refractivity contribution is -0.120. The Balaban J connectivity index is 1.55. The predicted octanol–water partition coefficient (Wildman–Crippen LogP) is 3.15. The van der Waals surface area contributed by atoms with Crippen LogP contribution in [0.5, 0.6) is 0 Å². The first-order chi connectivity index (χ1) is 13.1. The SMILES string of the molecule is Cc1ccccc1C(=O)NCCC(=O)NCCCCN(C)c1ccccc1. The summed E-state index contributed by atoms with van der Waals surface area (Å²) >= 11 is 0. The van der Waals surface area contributed by atoms with E-state index in [1.165, 1.54) is 5.69 Å². The summed E-state index contributed by atoms with van der Waals surface area (Å²) in [7, 11) is 2.07. The maximum absolute atomic E-state index is 12.1. The molecular weight excluding hydrogens is 338 g/mol. The van der Waals surface area contributed by atoms with E-state index in [9.17, 15) is 9.59 Å². The van der Waals surface area contributed by atoms with E-state index in [4.69, 9.17) is 0 Å². The topological polar surface area (TPSA) is 61.4 Å². The molecule has 27 heavy (non-hydrogen) atoms. The Morgan fingerprint density at radius 1 is 0.889 bits per heavy atom. The number of anilines is 1. The van der Waals surface area contributed by atoms with Gasteiger partial charge in [0.05, 0.1) is 0 Å². The smallest absolute Gasteiger partial charge is 0.251 e. The van der Waals surface area contributed by atoms with E-state index in [1.807, 2.05) is 43.3 Å². The second-order valence-electron chi connectivity index (χ2n) is 6.63. The number of hydrogen-bond acceptors (Lipinski definition) is 3. The van der Waals surface area contributed by atoms with Gasteiger partial charge < -0.3 is 15.5 Å². The quantitative estimate of drug-likeness (QED) is 0.634. The lowest BCUT2D eigenvalue weighted by Gasteiger charge is -2.19. The van der Waals surface area contributed by atoms with Crippen LogP contribution in [0.15, 0.2) is 54.6 Å². The standard InChI is InChI=1S/C22H29N3O2/c1-18-10-6-7-13-20(18)22(27)24-16-14-21(26)23-15-8-9-17-25(2)19-11-4-3-5-12-19/h3-7,10-13H,8-9,14-17H2,1-2H3,(H,23,26)(H,24,27). The molecular formula is C22H29N3O2. The van der Waals surface area contributed by atoms with E-state index >= 15 is 0 Å². The molecule has 2 N–H and O–H groups in total. The van der Waals surface area contributed by atoms with Gasteiger partial charge in [-0.3, -0.25) is 9.59 Å². The molecule has 144 valence electrons. The molecule has 2 amide bonds. The van der Waals surface area contributed by atoms with Gasteiger partial charge in [0.15, 0.2) is 0 Å². The fourth-order valence-electron chi connectivity index (χ4n) is 2.81. The Morgan fingerprint density at radius 3 is 2.33 bits per heavy atom. The van der Waals surface area contributed by atoms with Crippen molar-refractivity contribution in [1.82, 2.24) is 10.6 Å². The van der Waals surface area contributed by atoms with Gasteiger partial charge in [-0.25, -0.2) is 0 Å². The molecule has 2 rings (SSSR count). The summed E-state index contributed by atoms with van der Waals surface area (Å²) in [5, 5.41) is 5.71. The predicted molar refractivity (Wildman–Crippen MR) is 110 cm³/mol. The number of hydrogen-bond donors (Lipinski definition) is 2.